The summed E-state index contributed by atoms with van der Waals surface area (Å²) in [5.41, 5.74) is 3.52. The van der Waals surface area contributed by atoms with Gasteiger partial charge in [0.1, 0.15) is 5.60 Å². The van der Waals surface area contributed by atoms with Crippen molar-refractivity contribution in [1.29, 1.82) is 0 Å². The van der Waals surface area contributed by atoms with Crippen molar-refractivity contribution in [2.75, 3.05) is 0 Å². The third-order valence-electron chi connectivity index (χ3n) is 4.04. The van der Waals surface area contributed by atoms with E-state index in [-0.39, 0.29) is 12.1 Å². The number of alkyl carbamates (subject to hydrolysis) is 1. The summed E-state index contributed by atoms with van der Waals surface area (Å²) >= 11 is 0. The van der Waals surface area contributed by atoms with E-state index in [0.717, 1.165) is 19.5 Å². The maximum atomic E-state index is 11.7. The second kappa shape index (κ2) is 6.32. The number of nitrogens with one attached hydrogen (secondary N) is 2. The molecule has 1 fully saturated rings. The molecule has 0 spiro atoms. The van der Waals surface area contributed by atoms with Crippen molar-refractivity contribution >= 4 is 6.09 Å². The van der Waals surface area contributed by atoms with E-state index in [9.17, 15) is 4.79 Å². The van der Waals surface area contributed by atoms with Crippen LogP contribution in [0.25, 0.3) is 0 Å². The van der Waals surface area contributed by atoms with Gasteiger partial charge in [-0.3, -0.25) is 0 Å². The molecule has 1 saturated carbocycles. The Bertz CT molecular complexity index is 543. The van der Waals surface area contributed by atoms with E-state index < -0.39 is 5.60 Å². The number of rotatable bonds is 5. The summed E-state index contributed by atoms with van der Waals surface area (Å²) in [6.07, 6.45) is 0.636. The fourth-order valence-electron chi connectivity index (χ4n) is 2.82. The minimum Gasteiger partial charge on any atom is -0.444 e. The second-order valence-corrected chi connectivity index (χ2v) is 7.12. The van der Waals surface area contributed by atoms with Crippen LogP contribution in [0.4, 0.5) is 4.79 Å². The van der Waals surface area contributed by atoms with Gasteiger partial charge in [-0.05, 0) is 59.6 Å². The van der Waals surface area contributed by atoms with E-state index in [2.05, 4.69) is 42.0 Å². The Kier molecular flexibility index (Phi) is 4.85. The smallest absolute Gasteiger partial charge is 0.407 e. The maximum Gasteiger partial charge on any atom is 0.407 e. The van der Waals surface area contributed by atoms with Gasteiger partial charge in [0.25, 0.3) is 0 Å². The number of amides is 1. The molecule has 22 heavy (non-hydrogen) atoms. The van der Waals surface area contributed by atoms with Crippen molar-refractivity contribution < 1.29 is 9.53 Å². The van der Waals surface area contributed by atoms with Crippen LogP contribution >= 0.6 is 0 Å². The summed E-state index contributed by atoms with van der Waals surface area (Å²) in [7, 11) is 0. The summed E-state index contributed by atoms with van der Waals surface area (Å²) in [6.45, 7) is 13.9. The largest absolute Gasteiger partial charge is 0.444 e. The Morgan fingerprint density at radius 3 is 2.59 bits per heavy atom. The first-order valence-electron chi connectivity index (χ1n) is 8.09. The quantitative estimate of drug-likeness (QED) is 0.879. The van der Waals surface area contributed by atoms with Gasteiger partial charge in [0, 0.05) is 36.6 Å². The molecule has 1 aromatic rings. The number of ether oxygens (including phenoxy) is 1. The maximum absolute atomic E-state index is 11.7. The number of hydrogen-bond acceptors (Lipinski definition) is 3. The molecular weight excluding hydrogens is 278 g/mol. The molecule has 5 heteroatoms. The standard InChI is InChI=1S/C17H29N3O2/c1-7-20-11(2)8-13(12(20)3)10-18-14-9-15(14)19-16(21)22-17(4,5)6/h8,14-15,18H,7,9-10H2,1-6H3,(H,19,21). The van der Waals surface area contributed by atoms with Crippen LogP contribution in [0.2, 0.25) is 0 Å². The van der Waals surface area contributed by atoms with Crippen molar-refractivity contribution in [3.63, 3.8) is 0 Å². The molecule has 1 aromatic heterocycles. The zero-order chi connectivity index (χ0) is 16.5. The molecule has 2 rings (SSSR count). The van der Waals surface area contributed by atoms with Crippen molar-refractivity contribution in [2.45, 2.75) is 78.7 Å². The first-order chi connectivity index (χ1) is 10.2. The third kappa shape index (κ3) is 4.26. The molecule has 1 heterocycles. The zero-order valence-corrected chi connectivity index (χ0v) is 14.6. The Hall–Kier alpha value is -1.49. The van der Waals surface area contributed by atoms with Gasteiger partial charge in [-0.25, -0.2) is 4.79 Å². The lowest BCUT2D eigenvalue weighted by molar-refractivity contribution is 0.0522. The second-order valence-electron chi connectivity index (χ2n) is 7.12. The molecule has 1 amide bonds. The molecule has 0 aromatic carbocycles. The fraction of sp³-hybridized carbons (Fsp3) is 0.706. The predicted molar refractivity (Wildman–Crippen MR) is 88.0 cm³/mol. The highest BCUT2D eigenvalue weighted by molar-refractivity contribution is 5.68. The topological polar surface area (TPSA) is 55.3 Å². The first-order valence-corrected chi connectivity index (χ1v) is 8.09. The van der Waals surface area contributed by atoms with Crippen molar-refractivity contribution in [3.05, 3.63) is 23.0 Å². The molecule has 124 valence electrons. The number of carbonyl (C=O) groups is 1. The molecule has 2 atom stereocenters. The Morgan fingerprint density at radius 2 is 2.05 bits per heavy atom. The number of aryl methyl sites for hydroxylation is 1. The minimum atomic E-state index is -0.445. The minimum absolute atomic E-state index is 0.185. The van der Waals surface area contributed by atoms with Crippen LogP contribution < -0.4 is 10.6 Å². The van der Waals surface area contributed by atoms with E-state index >= 15 is 0 Å². The lowest BCUT2D eigenvalue weighted by Gasteiger charge is -2.19. The van der Waals surface area contributed by atoms with Crippen molar-refractivity contribution in [2.24, 2.45) is 0 Å². The normalized spacial score (nSPS) is 20.8. The van der Waals surface area contributed by atoms with Gasteiger partial charge < -0.3 is 19.9 Å². The number of hydrogen-bond donors (Lipinski definition) is 2. The van der Waals surface area contributed by atoms with Crippen molar-refractivity contribution in [3.8, 4) is 0 Å². The molecule has 1 aliphatic rings. The van der Waals surface area contributed by atoms with Gasteiger partial charge in [0.05, 0.1) is 0 Å². The van der Waals surface area contributed by atoms with Gasteiger partial charge in [-0.15, -0.1) is 0 Å². The molecule has 0 bridgehead atoms. The van der Waals surface area contributed by atoms with E-state index in [1.165, 1.54) is 17.0 Å². The van der Waals surface area contributed by atoms with Crippen LogP contribution in [-0.2, 0) is 17.8 Å². The highest BCUT2D eigenvalue weighted by atomic mass is 16.6. The van der Waals surface area contributed by atoms with Crippen molar-refractivity contribution in [1.82, 2.24) is 15.2 Å². The fourth-order valence-corrected chi connectivity index (χ4v) is 2.82. The molecule has 0 aliphatic heterocycles. The molecule has 0 saturated heterocycles. The summed E-state index contributed by atoms with van der Waals surface area (Å²) in [6, 6.07) is 2.77. The van der Waals surface area contributed by atoms with Gasteiger partial charge in [0.15, 0.2) is 0 Å². The number of carbonyl (C=O) groups excluding carboxylic acids is 1. The molecule has 2 unspecified atom stereocenters. The molecule has 0 radical (unpaired) electrons. The summed E-state index contributed by atoms with van der Waals surface area (Å²) in [5, 5.41) is 6.42. The van der Waals surface area contributed by atoms with Crippen LogP contribution in [0.1, 0.15) is 51.1 Å². The van der Waals surface area contributed by atoms with E-state index in [4.69, 9.17) is 4.74 Å². The van der Waals surface area contributed by atoms with Crippen LogP contribution in [0.15, 0.2) is 6.07 Å². The van der Waals surface area contributed by atoms with Crippen LogP contribution in [0, 0.1) is 13.8 Å². The summed E-state index contributed by atoms with van der Waals surface area (Å²) in [4.78, 5) is 11.7. The average molecular weight is 307 g/mol. The highest BCUT2D eigenvalue weighted by Gasteiger charge is 2.39. The molecular formula is C17H29N3O2. The van der Waals surface area contributed by atoms with Gasteiger partial charge in [-0.1, -0.05) is 0 Å². The molecule has 5 nitrogen and oxygen atoms in total. The SMILES string of the molecule is CCn1c(C)cc(CNC2CC2NC(=O)OC(C)(C)C)c1C. The van der Waals surface area contributed by atoms with Crippen LogP contribution in [-0.4, -0.2) is 28.3 Å². The highest BCUT2D eigenvalue weighted by Crippen LogP contribution is 2.23. The van der Waals surface area contributed by atoms with E-state index in [1.807, 2.05) is 20.8 Å². The first kappa shape index (κ1) is 16.9. The average Bonchev–Trinajstić information content (AvgIpc) is 3.03. The monoisotopic (exact) mass is 307 g/mol. The van der Waals surface area contributed by atoms with E-state index in [0.29, 0.717) is 6.04 Å². The predicted octanol–water partition coefficient (Wildman–Crippen LogP) is 2.88. The molecule has 1 aliphatic carbocycles. The Morgan fingerprint density at radius 1 is 1.36 bits per heavy atom. The Balaban J connectivity index is 1.77. The number of aromatic nitrogens is 1. The summed E-state index contributed by atoms with van der Waals surface area (Å²) in [5.74, 6) is 0. The van der Waals surface area contributed by atoms with Gasteiger partial charge in [-0.2, -0.15) is 0 Å². The van der Waals surface area contributed by atoms with Gasteiger partial charge in [0.2, 0.25) is 0 Å². The van der Waals surface area contributed by atoms with Gasteiger partial charge >= 0.3 is 6.09 Å². The molecule has 2 N–H and O–H groups in total. The zero-order valence-electron chi connectivity index (χ0n) is 14.6. The Labute approximate surface area is 133 Å². The lowest BCUT2D eigenvalue weighted by atomic mass is 10.2. The van der Waals surface area contributed by atoms with E-state index in [1.54, 1.807) is 0 Å². The lowest BCUT2D eigenvalue weighted by Crippen LogP contribution is -2.36. The van der Waals surface area contributed by atoms with Crippen LogP contribution in [0.5, 0.6) is 0 Å². The number of nitrogens with zero attached hydrogens (tertiary/aromatic N) is 1. The third-order valence-corrected chi connectivity index (χ3v) is 4.04. The van der Waals surface area contributed by atoms with Crippen LogP contribution in [0.3, 0.4) is 0 Å². The summed E-state index contributed by atoms with van der Waals surface area (Å²) < 4.78 is 7.59.